The Balaban J connectivity index is 2.35. The number of amides is 1. The van der Waals surface area contributed by atoms with Crippen LogP contribution in [0.4, 0.5) is 5.69 Å². The Hall–Kier alpha value is -2.37. The molecule has 0 radical (unpaired) electrons. The minimum absolute atomic E-state index is 0.0419. The van der Waals surface area contributed by atoms with Crippen molar-refractivity contribution in [1.82, 2.24) is 5.32 Å². The summed E-state index contributed by atoms with van der Waals surface area (Å²) in [6.45, 7) is 8.65. The lowest BCUT2D eigenvalue weighted by Crippen LogP contribution is -2.41. The minimum atomic E-state index is -0.876. The maximum absolute atomic E-state index is 12.5. The van der Waals surface area contributed by atoms with E-state index >= 15 is 0 Å². The number of carboxylic acids is 1. The summed E-state index contributed by atoms with van der Waals surface area (Å²) in [7, 11) is 0. The van der Waals surface area contributed by atoms with Crippen LogP contribution in [-0.2, 0) is 4.79 Å². The van der Waals surface area contributed by atoms with Gasteiger partial charge in [-0.25, -0.2) is 4.79 Å². The first-order valence-electron chi connectivity index (χ1n) is 9.53. The lowest BCUT2D eigenvalue weighted by Gasteiger charge is -2.30. The molecule has 0 saturated carbocycles. The summed E-state index contributed by atoms with van der Waals surface area (Å²) in [5.74, 6) is -1.29. The predicted octanol–water partition coefficient (Wildman–Crippen LogP) is 3.50. The van der Waals surface area contributed by atoms with E-state index in [0.29, 0.717) is 36.3 Å². The molecule has 1 saturated heterocycles. The third-order valence-corrected chi connectivity index (χ3v) is 4.76. The van der Waals surface area contributed by atoms with Crippen molar-refractivity contribution in [1.29, 1.82) is 0 Å². The molecule has 0 bridgehead atoms. The van der Waals surface area contributed by atoms with Crippen molar-refractivity contribution >= 4 is 23.3 Å². The summed E-state index contributed by atoms with van der Waals surface area (Å²) in [5.41, 5.74) is 1.37. The normalized spacial score (nSPS) is 17.9. The second kappa shape index (κ2) is 8.55. The number of aliphatic carboxylic acids is 1. The van der Waals surface area contributed by atoms with Gasteiger partial charge in [0.25, 0.3) is 5.91 Å². The first-order chi connectivity index (χ1) is 12.6. The molecule has 0 aromatic heterocycles. The molecule has 2 rings (SSSR count). The van der Waals surface area contributed by atoms with Crippen molar-refractivity contribution in [2.45, 2.75) is 59.4 Å². The van der Waals surface area contributed by atoms with Crippen LogP contribution in [0.2, 0.25) is 0 Å². The van der Waals surface area contributed by atoms with Crippen LogP contribution in [0.5, 0.6) is 0 Å². The van der Waals surface area contributed by atoms with E-state index in [9.17, 15) is 19.5 Å². The molecular formula is C21H30N2O4. The van der Waals surface area contributed by atoms with Crippen molar-refractivity contribution in [2.75, 3.05) is 18.0 Å². The van der Waals surface area contributed by atoms with Crippen LogP contribution in [0, 0.1) is 5.41 Å². The summed E-state index contributed by atoms with van der Waals surface area (Å²) in [5, 5.41) is 12.5. The molecule has 0 unspecified atom stereocenters. The lowest BCUT2D eigenvalue weighted by atomic mass is 9.96. The molecule has 1 atom stereocenters. The summed E-state index contributed by atoms with van der Waals surface area (Å²) in [4.78, 5) is 38.3. The van der Waals surface area contributed by atoms with Crippen LogP contribution in [0.25, 0.3) is 0 Å². The average molecular weight is 374 g/mol. The second-order valence-electron chi connectivity index (χ2n) is 8.43. The number of carboxylic acid groups (broad SMARTS) is 1. The third-order valence-electron chi connectivity index (χ3n) is 4.76. The zero-order valence-corrected chi connectivity index (χ0v) is 16.7. The maximum atomic E-state index is 12.5. The monoisotopic (exact) mass is 374 g/mol. The minimum Gasteiger partial charge on any atom is -0.480 e. The van der Waals surface area contributed by atoms with Crippen LogP contribution < -0.4 is 10.2 Å². The van der Waals surface area contributed by atoms with E-state index in [1.54, 1.807) is 18.2 Å². The van der Waals surface area contributed by atoms with E-state index in [1.165, 1.54) is 6.92 Å². The highest BCUT2D eigenvalue weighted by atomic mass is 16.4. The van der Waals surface area contributed by atoms with E-state index in [-0.39, 0.29) is 17.1 Å². The second-order valence-corrected chi connectivity index (χ2v) is 8.43. The summed E-state index contributed by atoms with van der Waals surface area (Å²) in [6.07, 6.45) is 3.27. The van der Waals surface area contributed by atoms with Crippen LogP contribution in [0.1, 0.15) is 74.1 Å². The maximum Gasteiger partial charge on any atom is 0.326 e. The predicted molar refractivity (Wildman–Crippen MR) is 105 cm³/mol. The van der Waals surface area contributed by atoms with Gasteiger partial charge in [-0.05, 0) is 43.4 Å². The molecule has 1 heterocycles. The molecule has 1 aromatic rings. The topological polar surface area (TPSA) is 86.7 Å². The Labute approximate surface area is 160 Å². The molecule has 2 N–H and O–H groups in total. The highest BCUT2D eigenvalue weighted by molar-refractivity contribution is 6.04. The number of ketones is 1. The molecule has 6 heteroatoms. The van der Waals surface area contributed by atoms with E-state index in [2.05, 4.69) is 5.32 Å². The Bertz CT molecular complexity index is 721. The number of nitrogens with one attached hydrogen (secondary N) is 1. The van der Waals surface area contributed by atoms with Crippen LogP contribution >= 0.6 is 0 Å². The lowest BCUT2D eigenvalue weighted by molar-refractivity contribution is -0.138. The number of nitrogens with zero attached hydrogens (tertiary/aromatic N) is 1. The van der Waals surface area contributed by atoms with Gasteiger partial charge in [-0.15, -0.1) is 0 Å². The zero-order chi connectivity index (χ0) is 20.2. The van der Waals surface area contributed by atoms with E-state index < -0.39 is 12.0 Å². The van der Waals surface area contributed by atoms with Gasteiger partial charge in [0.1, 0.15) is 6.04 Å². The van der Waals surface area contributed by atoms with E-state index in [1.807, 2.05) is 25.7 Å². The molecule has 1 aromatic carbocycles. The van der Waals surface area contributed by atoms with Crippen molar-refractivity contribution in [3.05, 3.63) is 29.3 Å². The van der Waals surface area contributed by atoms with Gasteiger partial charge in [0.15, 0.2) is 5.78 Å². The number of Topliss-reactive ketones (excluding diaryl/α,β-unsaturated/α-hetero) is 1. The average Bonchev–Trinajstić information content (AvgIpc) is 2.84. The Morgan fingerprint density at radius 2 is 1.89 bits per heavy atom. The third kappa shape index (κ3) is 5.55. The number of hydrogen-bond acceptors (Lipinski definition) is 4. The summed E-state index contributed by atoms with van der Waals surface area (Å²) in [6, 6.07) is 4.32. The zero-order valence-electron chi connectivity index (χ0n) is 16.7. The SMILES string of the molecule is CC(=O)c1cc(C(=O)NCC(C)(C)C)ccc1N1CCCCC[C@@H]1C(=O)O. The quantitative estimate of drug-likeness (QED) is 0.770. The number of hydrogen-bond donors (Lipinski definition) is 2. The molecule has 1 aliphatic heterocycles. The molecule has 0 aliphatic carbocycles. The van der Waals surface area contributed by atoms with Gasteiger partial charge in [0.2, 0.25) is 0 Å². The number of rotatable bonds is 5. The Kier molecular flexibility index (Phi) is 6.63. The largest absolute Gasteiger partial charge is 0.480 e. The van der Waals surface area contributed by atoms with Crippen molar-refractivity contribution in [2.24, 2.45) is 5.41 Å². The molecular weight excluding hydrogens is 344 g/mol. The fourth-order valence-electron chi connectivity index (χ4n) is 3.31. The first kappa shape index (κ1) is 20.9. The van der Waals surface area contributed by atoms with Gasteiger partial charge in [-0.2, -0.15) is 0 Å². The fourth-order valence-corrected chi connectivity index (χ4v) is 3.31. The van der Waals surface area contributed by atoms with Crippen LogP contribution in [0.15, 0.2) is 18.2 Å². The molecule has 148 valence electrons. The fraction of sp³-hybridized carbons (Fsp3) is 0.571. The highest BCUT2D eigenvalue weighted by Crippen LogP contribution is 2.29. The number of carbonyl (C=O) groups is 3. The van der Waals surface area contributed by atoms with Gasteiger partial charge in [-0.3, -0.25) is 9.59 Å². The smallest absolute Gasteiger partial charge is 0.326 e. The van der Waals surface area contributed by atoms with Gasteiger partial charge in [0, 0.05) is 29.9 Å². The summed E-state index contributed by atoms with van der Waals surface area (Å²) < 4.78 is 0. The molecule has 27 heavy (non-hydrogen) atoms. The van der Waals surface area contributed by atoms with E-state index in [0.717, 1.165) is 19.3 Å². The number of anilines is 1. The Morgan fingerprint density at radius 3 is 2.48 bits per heavy atom. The van der Waals surface area contributed by atoms with Crippen LogP contribution in [-0.4, -0.2) is 41.9 Å². The van der Waals surface area contributed by atoms with Gasteiger partial charge in [-0.1, -0.05) is 33.6 Å². The van der Waals surface area contributed by atoms with Gasteiger partial charge < -0.3 is 15.3 Å². The number of benzene rings is 1. The Morgan fingerprint density at radius 1 is 1.19 bits per heavy atom. The van der Waals surface area contributed by atoms with Gasteiger partial charge >= 0.3 is 5.97 Å². The first-order valence-corrected chi connectivity index (χ1v) is 9.53. The summed E-state index contributed by atoms with van der Waals surface area (Å²) >= 11 is 0. The van der Waals surface area contributed by atoms with Gasteiger partial charge in [0.05, 0.1) is 0 Å². The number of carbonyl (C=O) groups excluding carboxylic acids is 2. The molecule has 1 amide bonds. The molecule has 6 nitrogen and oxygen atoms in total. The van der Waals surface area contributed by atoms with Crippen molar-refractivity contribution < 1.29 is 19.5 Å². The van der Waals surface area contributed by atoms with Crippen LogP contribution in [0.3, 0.4) is 0 Å². The standard InChI is InChI=1S/C21H30N2O4/c1-14(24)16-12-15(19(25)22-13-21(2,3)4)9-10-17(16)23-11-7-5-6-8-18(23)20(26)27/h9-10,12,18H,5-8,11,13H2,1-4H3,(H,22,25)(H,26,27)/t18-/m1/s1. The molecule has 0 spiro atoms. The van der Waals surface area contributed by atoms with Crippen molar-refractivity contribution in [3.8, 4) is 0 Å². The highest BCUT2D eigenvalue weighted by Gasteiger charge is 2.29. The van der Waals surface area contributed by atoms with E-state index in [4.69, 9.17) is 0 Å². The molecule has 1 fully saturated rings. The molecule has 1 aliphatic rings. The van der Waals surface area contributed by atoms with Crippen molar-refractivity contribution in [3.63, 3.8) is 0 Å².